The second-order valence-electron chi connectivity index (χ2n) is 6.09. The molecular weight excluding hydrogens is 294 g/mol. The summed E-state index contributed by atoms with van der Waals surface area (Å²) in [6.07, 6.45) is 4.13. The van der Waals surface area contributed by atoms with Gasteiger partial charge >= 0.3 is 5.97 Å². The molecular formula is C17H25N3O3. The minimum absolute atomic E-state index is 0.0266. The van der Waals surface area contributed by atoms with Crippen molar-refractivity contribution in [3.8, 4) is 0 Å². The average Bonchev–Trinajstić information content (AvgIpc) is 2.56. The fourth-order valence-electron chi connectivity index (χ4n) is 3.27. The van der Waals surface area contributed by atoms with Crippen LogP contribution in [0.5, 0.6) is 0 Å². The number of carboxylic acids is 1. The van der Waals surface area contributed by atoms with Gasteiger partial charge in [0.15, 0.2) is 0 Å². The first-order chi connectivity index (χ1) is 11.0. The van der Waals surface area contributed by atoms with Gasteiger partial charge in [-0.25, -0.2) is 0 Å². The van der Waals surface area contributed by atoms with Crippen molar-refractivity contribution in [2.45, 2.75) is 39.7 Å². The molecule has 2 heterocycles. The second-order valence-corrected chi connectivity index (χ2v) is 6.09. The zero-order chi connectivity index (χ0) is 17.0. The predicted molar refractivity (Wildman–Crippen MR) is 88.3 cm³/mol. The number of carbonyl (C=O) groups excluding carboxylic acids is 1. The lowest BCUT2D eigenvalue weighted by atomic mass is 9.80. The third kappa shape index (κ3) is 3.16. The van der Waals surface area contributed by atoms with Gasteiger partial charge in [-0.3, -0.25) is 14.6 Å². The van der Waals surface area contributed by atoms with Crippen molar-refractivity contribution in [3.05, 3.63) is 24.5 Å². The number of piperazine rings is 1. The van der Waals surface area contributed by atoms with Crippen molar-refractivity contribution in [1.29, 1.82) is 0 Å². The molecule has 1 aliphatic heterocycles. The van der Waals surface area contributed by atoms with Crippen molar-refractivity contribution >= 4 is 17.6 Å². The molecule has 1 atom stereocenters. The fourth-order valence-corrected chi connectivity index (χ4v) is 3.27. The summed E-state index contributed by atoms with van der Waals surface area (Å²) < 4.78 is 0. The SMILES string of the molecule is CCC(CC)(C(=O)O)C(=O)N1CCN(c2ccncc2)CC1C. The summed E-state index contributed by atoms with van der Waals surface area (Å²) in [5, 5.41) is 9.58. The Kier molecular flexibility index (Phi) is 5.23. The zero-order valence-electron chi connectivity index (χ0n) is 14.0. The normalized spacial score (nSPS) is 18.8. The van der Waals surface area contributed by atoms with Crippen LogP contribution in [-0.4, -0.2) is 52.5 Å². The Morgan fingerprint density at radius 2 is 1.87 bits per heavy atom. The number of anilines is 1. The van der Waals surface area contributed by atoms with E-state index in [0.717, 1.165) is 5.69 Å². The highest BCUT2D eigenvalue weighted by Crippen LogP contribution is 2.31. The Morgan fingerprint density at radius 1 is 1.26 bits per heavy atom. The molecule has 1 unspecified atom stereocenters. The van der Waals surface area contributed by atoms with Gasteiger partial charge in [-0.05, 0) is 31.9 Å². The van der Waals surface area contributed by atoms with Crippen LogP contribution in [0.2, 0.25) is 0 Å². The van der Waals surface area contributed by atoms with E-state index in [1.54, 1.807) is 31.1 Å². The molecule has 2 rings (SSSR count). The highest BCUT2D eigenvalue weighted by molar-refractivity contribution is 6.02. The maximum absolute atomic E-state index is 12.9. The zero-order valence-corrected chi connectivity index (χ0v) is 14.0. The Hall–Kier alpha value is -2.11. The standard InChI is InChI=1S/C17H25N3O3/c1-4-17(5-2,16(22)23)15(21)20-11-10-19(12-13(20)3)14-6-8-18-9-7-14/h6-9,13H,4-5,10-12H2,1-3H3,(H,22,23). The van der Waals surface area contributed by atoms with E-state index in [2.05, 4.69) is 9.88 Å². The third-order valence-corrected chi connectivity index (χ3v) is 4.94. The van der Waals surface area contributed by atoms with E-state index in [9.17, 15) is 14.7 Å². The van der Waals surface area contributed by atoms with E-state index in [4.69, 9.17) is 0 Å². The monoisotopic (exact) mass is 319 g/mol. The van der Waals surface area contributed by atoms with Crippen LogP contribution in [0.1, 0.15) is 33.6 Å². The summed E-state index contributed by atoms with van der Waals surface area (Å²) in [4.78, 5) is 32.5. The van der Waals surface area contributed by atoms with E-state index in [1.807, 2.05) is 19.1 Å². The molecule has 1 aromatic rings. The van der Waals surface area contributed by atoms with Gasteiger partial charge in [-0.1, -0.05) is 13.8 Å². The summed E-state index contributed by atoms with van der Waals surface area (Å²) in [6, 6.07) is 3.87. The second kappa shape index (κ2) is 6.98. The van der Waals surface area contributed by atoms with Gasteiger partial charge in [0.25, 0.3) is 0 Å². The molecule has 1 aromatic heterocycles. The molecule has 1 saturated heterocycles. The van der Waals surface area contributed by atoms with E-state index in [0.29, 0.717) is 32.5 Å². The van der Waals surface area contributed by atoms with Crippen LogP contribution >= 0.6 is 0 Å². The van der Waals surface area contributed by atoms with Crippen LogP contribution in [0.25, 0.3) is 0 Å². The van der Waals surface area contributed by atoms with Gasteiger partial charge in [0, 0.05) is 43.8 Å². The van der Waals surface area contributed by atoms with E-state index in [-0.39, 0.29) is 11.9 Å². The highest BCUT2D eigenvalue weighted by Gasteiger charge is 2.47. The summed E-state index contributed by atoms with van der Waals surface area (Å²) >= 11 is 0. The minimum Gasteiger partial charge on any atom is -0.480 e. The molecule has 1 N–H and O–H groups in total. The largest absolute Gasteiger partial charge is 0.480 e. The van der Waals surface area contributed by atoms with Gasteiger partial charge in [0.1, 0.15) is 5.41 Å². The number of hydrogen-bond donors (Lipinski definition) is 1. The maximum atomic E-state index is 12.9. The van der Waals surface area contributed by atoms with E-state index < -0.39 is 11.4 Å². The molecule has 0 saturated carbocycles. The van der Waals surface area contributed by atoms with Crippen LogP contribution in [0.15, 0.2) is 24.5 Å². The number of rotatable bonds is 5. The van der Waals surface area contributed by atoms with Gasteiger partial charge < -0.3 is 14.9 Å². The lowest BCUT2D eigenvalue weighted by Crippen LogP contribution is -2.59. The molecule has 0 aliphatic carbocycles. The summed E-state index contributed by atoms with van der Waals surface area (Å²) in [5.74, 6) is -1.27. The smallest absolute Gasteiger partial charge is 0.319 e. The first-order valence-electron chi connectivity index (χ1n) is 8.15. The molecule has 0 radical (unpaired) electrons. The first-order valence-corrected chi connectivity index (χ1v) is 8.15. The first kappa shape index (κ1) is 17.2. The minimum atomic E-state index is -1.30. The lowest BCUT2D eigenvalue weighted by Gasteiger charge is -2.44. The molecule has 0 bridgehead atoms. The fraction of sp³-hybridized carbons (Fsp3) is 0.588. The lowest BCUT2D eigenvalue weighted by molar-refractivity contribution is -0.162. The van der Waals surface area contributed by atoms with E-state index >= 15 is 0 Å². The van der Waals surface area contributed by atoms with Gasteiger partial charge in [0.05, 0.1) is 0 Å². The quantitative estimate of drug-likeness (QED) is 0.840. The number of aromatic nitrogens is 1. The van der Waals surface area contributed by atoms with Crippen LogP contribution in [0.3, 0.4) is 0 Å². The Morgan fingerprint density at radius 3 is 2.35 bits per heavy atom. The molecule has 6 heteroatoms. The van der Waals surface area contributed by atoms with Crippen molar-refractivity contribution < 1.29 is 14.7 Å². The van der Waals surface area contributed by atoms with Crippen molar-refractivity contribution in [2.24, 2.45) is 5.41 Å². The van der Waals surface area contributed by atoms with Crippen LogP contribution in [-0.2, 0) is 9.59 Å². The van der Waals surface area contributed by atoms with Gasteiger partial charge in [-0.15, -0.1) is 0 Å². The summed E-state index contributed by atoms with van der Waals surface area (Å²) in [5.41, 5.74) is -0.220. The Labute approximate surface area is 137 Å². The third-order valence-electron chi connectivity index (χ3n) is 4.94. The molecule has 1 aliphatic rings. The molecule has 0 spiro atoms. The summed E-state index contributed by atoms with van der Waals surface area (Å²) in [6.45, 7) is 7.45. The van der Waals surface area contributed by atoms with E-state index in [1.165, 1.54) is 0 Å². The van der Waals surface area contributed by atoms with Crippen LogP contribution in [0, 0.1) is 5.41 Å². The number of nitrogens with zero attached hydrogens (tertiary/aromatic N) is 3. The summed E-state index contributed by atoms with van der Waals surface area (Å²) in [7, 11) is 0. The maximum Gasteiger partial charge on any atom is 0.319 e. The number of aliphatic carboxylic acids is 1. The molecule has 1 fully saturated rings. The molecule has 23 heavy (non-hydrogen) atoms. The molecule has 1 amide bonds. The Bertz CT molecular complexity index is 557. The van der Waals surface area contributed by atoms with Crippen LogP contribution in [0.4, 0.5) is 5.69 Å². The van der Waals surface area contributed by atoms with Crippen molar-refractivity contribution in [2.75, 3.05) is 24.5 Å². The molecule has 0 aromatic carbocycles. The van der Waals surface area contributed by atoms with Gasteiger partial charge in [-0.2, -0.15) is 0 Å². The van der Waals surface area contributed by atoms with Crippen molar-refractivity contribution in [3.63, 3.8) is 0 Å². The topological polar surface area (TPSA) is 73.7 Å². The Balaban J connectivity index is 2.14. The number of hydrogen-bond acceptors (Lipinski definition) is 4. The van der Waals surface area contributed by atoms with Gasteiger partial charge in [0.2, 0.25) is 5.91 Å². The highest BCUT2D eigenvalue weighted by atomic mass is 16.4. The van der Waals surface area contributed by atoms with Crippen LogP contribution < -0.4 is 4.90 Å². The number of carbonyl (C=O) groups is 2. The average molecular weight is 319 g/mol. The van der Waals surface area contributed by atoms with Crippen molar-refractivity contribution in [1.82, 2.24) is 9.88 Å². The number of amides is 1. The predicted octanol–water partition coefficient (Wildman–Crippen LogP) is 2.01. The number of carboxylic acid groups (broad SMARTS) is 1. The molecule has 126 valence electrons. The number of pyridine rings is 1. The molecule has 6 nitrogen and oxygen atoms in total.